The lowest BCUT2D eigenvalue weighted by Gasteiger charge is -2.42. The van der Waals surface area contributed by atoms with Crippen LogP contribution in [0.2, 0.25) is 0 Å². The third kappa shape index (κ3) is 6.21. The Labute approximate surface area is 280 Å². The first kappa shape index (κ1) is 32.2. The number of aromatic nitrogens is 3. The SMILES string of the molecule is COc1ccc(Oc2c(C)cc(-n3nc(C(=O)N4CCC(C(=O)N5CCCC5)(c5ccccc5)CC4)c(=O)[nH]c3=O)cc2C)cc1Br. The van der Waals surface area contributed by atoms with Crippen LogP contribution in [0.1, 0.15) is 52.9 Å². The highest BCUT2D eigenvalue weighted by atomic mass is 79.9. The molecule has 0 spiro atoms. The van der Waals surface area contributed by atoms with Crippen LogP contribution in [0.3, 0.4) is 0 Å². The van der Waals surface area contributed by atoms with E-state index >= 15 is 0 Å². The second-order valence-electron chi connectivity index (χ2n) is 12.1. The molecule has 4 aromatic rings. The van der Waals surface area contributed by atoms with Crippen LogP contribution >= 0.6 is 15.9 Å². The Bertz CT molecular complexity index is 1920. The number of methoxy groups -OCH3 is 1. The van der Waals surface area contributed by atoms with Crippen LogP contribution in [0.4, 0.5) is 0 Å². The van der Waals surface area contributed by atoms with Gasteiger partial charge in [0.2, 0.25) is 11.6 Å². The second-order valence-corrected chi connectivity index (χ2v) is 12.9. The zero-order chi connectivity index (χ0) is 33.3. The highest BCUT2D eigenvalue weighted by molar-refractivity contribution is 9.10. The highest BCUT2D eigenvalue weighted by Crippen LogP contribution is 2.39. The number of carbonyl (C=O) groups is 2. The lowest BCUT2D eigenvalue weighted by molar-refractivity contribution is -0.138. The number of ether oxygens (including phenoxy) is 2. The second kappa shape index (κ2) is 13.2. The number of aromatic amines is 1. The minimum absolute atomic E-state index is 0.0932. The predicted octanol–water partition coefficient (Wildman–Crippen LogP) is 4.90. The van der Waals surface area contributed by atoms with E-state index in [2.05, 4.69) is 26.0 Å². The maximum atomic E-state index is 13.9. The molecule has 0 aliphatic carbocycles. The Morgan fingerprint density at radius 1 is 0.894 bits per heavy atom. The Morgan fingerprint density at radius 2 is 1.55 bits per heavy atom. The van der Waals surface area contributed by atoms with E-state index < -0.39 is 22.6 Å². The molecule has 12 heteroatoms. The number of piperidine rings is 1. The maximum Gasteiger partial charge on any atom is 0.349 e. The molecule has 3 aromatic carbocycles. The summed E-state index contributed by atoms with van der Waals surface area (Å²) in [6.45, 7) is 5.68. The molecular formula is C35H36BrN5O6. The first-order valence-corrected chi connectivity index (χ1v) is 16.4. The Morgan fingerprint density at radius 3 is 2.17 bits per heavy atom. The monoisotopic (exact) mass is 701 g/mol. The number of nitrogens with zero attached hydrogens (tertiary/aromatic N) is 4. The van der Waals surface area contributed by atoms with Crippen LogP contribution in [0, 0.1) is 13.8 Å². The number of carbonyl (C=O) groups excluding carboxylic acids is 2. The van der Waals surface area contributed by atoms with Crippen LogP contribution in [-0.2, 0) is 10.2 Å². The molecule has 0 bridgehead atoms. The van der Waals surface area contributed by atoms with Gasteiger partial charge in [0.15, 0.2) is 0 Å². The molecule has 2 saturated heterocycles. The lowest BCUT2D eigenvalue weighted by Crippen LogP contribution is -2.54. The number of nitrogens with one attached hydrogen (secondary N) is 1. The average Bonchev–Trinajstić information content (AvgIpc) is 3.62. The number of amides is 2. The molecule has 47 heavy (non-hydrogen) atoms. The first-order valence-electron chi connectivity index (χ1n) is 15.6. The van der Waals surface area contributed by atoms with Crippen molar-refractivity contribution in [1.29, 1.82) is 0 Å². The van der Waals surface area contributed by atoms with E-state index in [0.717, 1.165) is 51.8 Å². The number of aryl methyl sites for hydroxylation is 2. The van der Waals surface area contributed by atoms with Gasteiger partial charge in [0.25, 0.3) is 11.5 Å². The highest BCUT2D eigenvalue weighted by Gasteiger charge is 2.46. The first-order chi connectivity index (χ1) is 22.6. The number of rotatable bonds is 7. The van der Waals surface area contributed by atoms with E-state index in [1.165, 1.54) is 0 Å². The van der Waals surface area contributed by atoms with Gasteiger partial charge < -0.3 is 19.3 Å². The van der Waals surface area contributed by atoms with E-state index in [9.17, 15) is 19.2 Å². The quantitative estimate of drug-likeness (QED) is 0.291. The molecule has 1 N–H and O–H groups in total. The van der Waals surface area contributed by atoms with E-state index in [0.29, 0.717) is 35.8 Å². The normalized spacial score (nSPS) is 15.8. The summed E-state index contributed by atoms with van der Waals surface area (Å²) in [5.74, 6) is 1.36. The fourth-order valence-corrected chi connectivity index (χ4v) is 7.12. The van der Waals surface area contributed by atoms with Crippen LogP contribution in [0.5, 0.6) is 17.2 Å². The van der Waals surface area contributed by atoms with Crippen molar-refractivity contribution >= 4 is 27.7 Å². The number of likely N-dealkylation sites (tertiary alicyclic amines) is 2. The summed E-state index contributed by atoms with van der Waals surface area (Å²) in [6.07, 6.45) is 2.81. The van der Waals surface area contributed by atoms with Gasteiger partial charge in [0.1, 0.15) is 17.2 Å². The summed E-state index contributed by atoms with van der Waals surface area (Å²) in [5, 5.41) is 4.27. The van der Waals surface area contributed by atoms with Gasteiger partial charge in [0, 0.05) is 26.2 Å². The summed E-state index contributed by atoms with van der Waals surface area (Å²) >= 11 is 3.47. The zero-order valence-corrected chi connectivity index (χ0v) is 28.1. The van der Waals surface area contributed by atoms with E-state index in [1.807, 2.05) is 49.1 Å². The fraction of sp³-hybridized carbons (Fsp3) is 0.343. The molecule has 0 saturated carbocycles. The number of H-pyrrole nitrogens is 1. The van der Waals surface area contributed by atoms with E-state index in [4.69, 9.17) is 9.47 Å². The Hall–Kier alpha value is -4.71. The fourth-order valence-electron chi connectivity index (χ4n) is 6.60. The predicted molar refractivity (Wildman–Crippen MR) is 180 cm³/mol. The van der Waals surface area contributed by atoms with Crippen molar-refractivity contribution in [3.63, 3.8) is 0 Å². The number of hydrogen-bond acceptors (Lipinski definition) is 7. The Balaban J connectivity index is 1.25. The molecule has 2 amide bonds. The summed E-state index contributed by atoms with van der Waals surface area (Å²) in [6, 6.07) is 18.5. The van der Waals surface area contributed by atoms with E-state index in [-0.39, 0.29) is 24.7 Å². The molecule has 0 radical (unpaired) electrons. The molecule has 1 aromatic heterocycles. The van der Waals surface area contributed by atoms with Crippen LogP contribution in [0.25, 0.3) is 5.69 Å². The summed E-state index contributed by atoms with van der Waals surface area (Å²) < 4.78 is 13.2. The third-order valence-corrected chi connectivity index (χ3v) is 9.72. The van der Waals surface area contributed by atoms with Crippen molar-refractivity contribution < 1.29 is 19.1 Å². The van der Waals surface area contributed by atoms with E-state index in [1.54, 1.807) is 42.3 Å². The molecule has 3 heterocycles. The summed E-state index contributed by atoms with van der Waals surface area (Å²) in [4.78, 5) is 59.3. The molecule has 6 rings (SSSR count). The van der Waals surface area contributed by atoms with Crippen molar-refractivity contribution in [1.82, 2.24) is 24.6 Å². The molecule has 2 aliphatic rings. The lowest BCUT2D eigenvalue weighted by atomic mass is 9.71. The summed E-state index contributed by atoms with van der Waals surface area (Å²) in [5.41, 5.74) is -0.0173. The van der Waals surface area contributed by atoms with Gasteiger partial charge in [-0.15, -0.1) is 0 Å². The summed E-state index contributed by atoms with van der Waals surface area (Å²) in [7, 11) is 1.58. The average molecular weight is 703 g/mol. The van der Waals surface area contributed by atoms with Gasteiger partial charge in [-0.2, -0.15) is 9.78 Å². The van der Waals surface area contributed by atoms with Crippen LogP contribution < -0.4 is 20.7 Å². The van der Waals surface area contributed by atoms with Gasteiger partial charge in [0.05, 0.1) is 22.7 Å². The number of hydrogen-bond donors (Lipinski definition) is 1. The molecule has 0 unspecified atom stereocenters. The standard InChI is InChI=1S/C35H36BrN5O6/c1-22-19-25(20-23(2)30(22)47-26-11-12-28(46-3)27(36)21-26)41-34(45)37-31(42)29(38-41)32(43)39-17-13-35(14-18-39,24-9-5-4-6-10-24)33(44)40-15-7-8-16-40/h4-6,9-12,19-21H,7-8,13-18H2,1-3H3,(H,37,42,45). The molecule has 2 aliphatic heterocycles. The zero-order valence-electron chi connectivity index (χ0n) is 26.5. The Kier molecular flexibility index (Phi) is 9.05. The van der Waals surface area contributed by atoms with Crippen LogP contribution in [0.15, 0.2) is 74.7 Å². The molecule has 244 valence electrons. The van der Waals surface area contributed by atoms with Crippen molar-refractivity contribution in [3.05, 3.63) is 108 Å². The molecular weight excluding hydrogens is 666 g/mol. The minimum Gasteiger partial charge on any atom is -0.496 e. The van der Waals surface area contributed by atoms with Crippen molar-refractivity contribution in [2.75, 3.05) is 33.3 Å². The molecule has 11 nitrogen and oxygen atoms in total. The minimum atomic E-state index is -0.859. The number of benzene rings is 3. The largest absolute Gasteiger partial charge is 0.496 e. The van der Waals surface area contributed by atoms with Crippen molar-refractivity contribution in [2.45, 2.75) is 44.9 Å². The van der Waals surface area contributed by atoms with Crippen molar-refractivity contribution in [3.8, 4) is 22.9 Å². The maximum absolute atomic E-state index is 13.9. The van der Waals surface area contributed by atoms with Crippen LogP contribution in [-0.4, -0.2) is 69.7 Å². The van der Waals surface area contributed by atoms with Gasteiger partial charge in [-0.3, -0.25) is 19.4 Å². The van der Waals surface area contributed by atoms with Gasteiger partial charge in [-0.05, 0) is 102 Å². The third-order valence-electron chi connectivity index (χ3n) is 9.10. The van der Waals surface area contributed by atoms with Gasteiger partial charge in [-0.1, -0.05) is 30.3 Å². The molecule has 2 fully saturated rings. The topological polar surface area (TPSA) is 127 Å². The number of halogens is 1. The van der Waals surface area contributed by atoms with Crippen molar-refractivity contribution in [2.24, 2.45) is 0 Å². The van der Waals surface area contributed by atoms with Gasteiger partial charge in [-0.25, -0.2) is 4.79 Å². The smallest absolute Gasteiger partial charge is 0.349 e. The van der Waals surface area contributed by atoms with Gasteiger partial charge >= 0.3 is 5.69 Å². The molecule has 0 atom stereocenters.